The molecule has 3 rings (SSSR count). The number of amides is 1. The van der Waals surface area contributed by atoms with E-state index >= 15 is 0 Å². The quantitative estimate of drug-likeness (QED) is 0.767. The number of piperidine rings is 1. The van der Waals surface area contributed by atoms with E-state index in [2.05, 4.69) is 25.3 Å². The van der Waals surface area contributed by atoms with Crippen molar-refractivity contribution in [1.29, 1.82) is 0 Å². The molecule has 2 aromatic heterocycles. The average molecular weight is 404 g/mol. The zero-order valence-corrected chi connectivity index (χ0v) is 16.8. The average Bonchev–Trinajstić information content (AvgIpc) is 2.70. The molecule has 29 heavy (non-hydrogen) atoms. The number of alkyl halides is 2. The van der Waals surface area contributed by atoms with Crippen LogP contribution in [0.5, 0.6) is 5.88 Å². The van der Waals surface area contributed by atoms with Crippen LogP contribution in [0.3, 0.4) is 0 Å². The number of carbonyl (C=O) groups is 1. The van der Waals surface area contributed by atoms with Gasteiger partial charge >= 0.3 is 6.61 Å². The Bertz CT molecular complexity index is 868. The molecular formula is C21H26F2N4O2. The van der Waals surface area contributed by atoms with Crippen LogP contribution in [0.25, 0.3) is 0 Å². The third-order valence-electron chi connectivity index (χ3n) is 5.24. The maximum Gasteiger partial charge on any atom is 0.388 e. The molecule has 0 aliphatic carbocycles. The fourth-order valence-corrected chi connectivity index (χ4v) is 3.80. The molecule has 1 amide bonds. The van der Waals surface area contributed by atoms with E-state index < -0.39 is 12.0 Å². The molecule has 0 spiro atoms. The van der Waals surface area contributed by atoms with Crippen LogP contribution in [-0.2, 0) is 10.2 Å². The fourth-order valence-electron chi connectivity index (χ4n) is 3.80. The molecule has 8 heteroatoms. The first-order valence-electron chi connectivity index (χ1n) is 9.73. The first kappa shape index (κ1) is 21.1. The second kappa shape index (κ2) is 8.82. The van der Waals surface area contributed by atoms with Crippen molar-refractivity contribution in [2.24, 2.45) is 0 Å². The number of halogens is 2. The molecule has 0 unspecified atom stereocenters. The standard InChI is InChI=1S/C21H26F2N4O2/c1-13(2)17-15(5-4-10-25-17)21(8-11-24-12-9-21)19(28)27-16-7-6-14(3)26-18(16)29-20(22)23/h4-7,10,13,20,24H,8-9,11-12H2,1-3H3,(H,27,28). The van der Waals surface area contributed by atoms with E-state index in [0.717, 1.165) is 11.3 Å². The van der Waals surface area contributed by atoms with Crippen molar-refractivity contribution >= 4 is 11.6 Å². The van der Waals surface area contributed by atoms with Crippen molar-refractivity contribution in [1.82, 2.24) is 15.3 Å². The molecule has 0 atom stereocenters. The summed E-state index contributed by atoms with van der Waals surface area (Å²) in [6.07, 6.45) is 2.88. The van der Waals surface area contributed by atoms with Crippen LogP contribution >= 0.6 is 0 Å². The van der Waals surface area contributed by atoms with Gasteiger partial charge in [0, 0.05) is 17.6 Å². The predicted molar refractivity (Wildman–Crippen MR) is 106 cm³/mol. The summed E-state index contributed by atoms with van der Waals surface area (Å²) in [5.41, 5.74) is 1.59. The number of rotatable bonds is 6. The number of aryl methyl sites for hydroxylation is 1. The minimum absolute atomic E-state index is 0.133. The van der Waals surface area contributed by atoms with Gasteiger partial charge in [0.25, 0.3) is 0 Å². The first-order valence-corrected chi connectivity index (χ1v) is 9.73. The molecule has 2 N–H and O–H groups in total. The molecule has 0 radical (unpaired) electrons. The van der Waals surface area contributed by atoms with Crippen LogP contribution in [0.15, 0.2) is 30.5 Å². The van der Waals surface area contributed by atoms with E-state index in [-0.39, 0.29) is 23.4 Å². The van der Waals surface area contributed by atoms with Crippen LogP contribution < -0.4 is 15.4 Å². The van der Waals surface area contributed by atoms with Crippen molar-refractivity contribution in [3.8, 4) is 5.88 Å². The van der Waals surface area contributed by atoms with Crippen LogP contribution in [0.1, 0.15) is 49.6 Å². The minimum atomic E-state index is -3.03. The summed E-state index contributed by atoms with van der Waals surface area (Å²) in [6.45, 7) is 4.06. The number of carbonyl (C=O) groups excluding carboxylic acids is 1. The smallest absolute Gasteiger partial charge is 0.388 e. The third kappa shape index (κ3) is 4.53. The Morgan fingerprint density at radius 2 is 1.97 bits per heavy atom. The number of anilines is 1. The Hall–Kier alpha value is -2.61. The predicted octanol–water partition coefficient (Wildman–Crippen LogP) is 3.77. The highest BCUT2D eigenvalue weighted by Crippen LogP contribution is 2.39. The maximum absolute atomic E-state index is 13.6. The van der Waals surface area contributed by atoms with Crippen LogP contribution in [0.4, 0.5) is 14.5 Å². The van der Waals surface area contributed by atoms with E-state index in [1.807, 2.05) is 26.0 Å². The number of ether oxygens (including phenoxy) is 1. The van der Waals surface area contributed by atoms with Gasteiger partial charge in [0.15, 0.2) is 0 Å². The van der Waals surface area contributed by atoms with Crippen molar-refractivity contribution < 1.29 is 18.3 Å². The van der Waals surface area contributed by atoms with E-state index in [1.54, 1.807) is 25.3 Å². The molecule has 2 aromatic rings. The first-order chi connectivity index (χ1) is 13.8. The van der Waals surface area contributed by atoms with Crippen LogP contribution in [0.2, 0.25) is 0 Å². The van der Waals surface area contributed by atoms with Gasteiger partial charge in [-0.2, -0.15) is 8.78 Å². The molecule has 0 aromatic carbocycles. The zero-order chi connectivity index (χ0) is 21.0. The summed E-state index contributed by atoms with van der Waals surface area (Å²) >= 11 is 0. The fraction of sp³-hybridized carbons (Fsp3) is 0.476. The Morgan fingerprint density at radius 1 is 1.24 bits per heavy atom. The van der Waals surface area contributed by atoms with Gasteiger partial charge in [-0.3, -0.25) is 9.78 Å². The van der Waals surface area contributed by atoms with Crippen molar-refractivity contribution in [2.75, 3.05) is 18.4 Å². The van der Waals surface area contributed by atoms with E-state index in [9.17, 15) is 13.6 Å². The van der Waals surface area contributed by atoms with Crippen molar-refractivity contribution in [3.63, 3.8) is 0 Å². The minimum Gasteiger partial charge on any atom is -0.415 e. The van der Waals surface area contributed by atoms with Gasteiger partial charge in [-0.1, -0.05) is 19.9 Å². The monoisotopic (exact) mass is 404 g/mol. The number of nitrogens with one attached hydrogen (secondary N) is 2. The van der Waals surface area contributed by atoms with Gasteiger partial charge in [0.1, 0.15) is 5.69 Å². The Labute approximate surface area is 169 Å². The number of aromatic nitrogens is 2. The lowest BCUT2D eigenvalue weighted by molar-refractivity contribution is -0.122. The lowest BCUT2D eigenvalue weighted by Gasteiger charge is -2.38. The largest absolute Gasteiger partial charge is 0.415 e. The SMILES string of the molecule is Cc1ccc(NC(=O)C2(c3cccnc3C(C)C)CCNCC2)c(OC(F)F)n1. The summed E-state index contributed by atoms with van der Waals surface area (Å²) in [4.78, 5) is 22.1. The van der Waals surface area contributed by atoms with E-state index in [1.165, 1.54) is 0 Å². The number of pyridine rings is 2. The van der Waals surface area contributed by atoms with Crippen LogP contribution in [-0.4, -0.2) is 35.6 Å². The lowest BCUT2D eigenvalue weighted by Crippen LogP contribution is -2.49. The summed E-state index contributed by atoms with van der Waals surface area (Å²) in [5, 5.41) is 6.09. The van der Waals surface area contributed by atoms with Gasteiger partial charge in [0.2, 0.25) is 11.8 Å². The van der Waals surface area contributed by atoms with Gasteiger partial charge < -0.3 is 15.4 Å². The second-order valence-electron chi connectivity index (χ2n) is 7.56. The van der Waals surface area contributed by atoms with Gasteiger partial charge in [-0.25, -0.2) is 4.98 Å². The normalized spacial score (nSPS) is 16.1. The highest BCUT2D eigenvalue weighted by Gasteiger charge is 2.43. The number of nitrogens with zero attached hydrogens (tertiary/aromatic N) is 2. The highest BCUT2D eigenvalue weighted by atomic mass is 19.3. The molecule has 3 heterocycles. The summed E-state index contributed by atoms with van der Waals surface area (Å²) in [6, 6.07) is 6.96. The Morgan fingerprint density at radius 3 is 2.62 bits per heavy atom. The van der Waals surface area contributed by atoms with Crippen molar-refractivity contribution in [3.05, 3.63) is 47.4 Å². The van der Waals surface area contributed by atoms with Crippen molar-refractivity contribution in [2.45, 2.75) is 51.6 Å². The lowest BCUT2D eigenvalue weighted by atomic mass is 9.70. The van der Waals surface area contributed by atoms with Gasteiger partial charge in [-0.15, -0.1) is 0 Å². The summed E-state index contributed by atoms with van der Waals surface area (Å²) < 4.78 is 30.2. The molecule has 1 aliphatic rings. The van der Waals surface area contributed by atoms with Crippen LogP contribution in [0, 0.1) is 6.92 Å². The molecular weight excluding hydrogens is 378 g/mol. The number of hydrogen-bond acceptors (Lipinski definition) is 5. The molecule has 1 saturated heterocycles. The van der Waals surface area contributed by atoms with Gasteiger partial charge in [-0.05, 0) is 62.5 Å². The molecule has 6 nitrogen and oxygen atoms in total. The van der Waals surface area contributed by atoms with Gasteiger partial charge in [0.05, 0.1) is 5.41 Å². The molecule has 1 aliphatic heterocycles. The highest BCUT2D eigenvalue weighted by molar-refractivity contribution is 6.00. The zero-order valence-electron chi connectivity index (χ0n) is 16.8. The third-order valence-corrected chi connectivity index (χ3v) is 5.24. The number of hydrogen-bond donors (Lipinski definition) is 2. The second-order valence-corrected chi connectivity index (χ2v) is 7.56. The van der Waals surface area contributed by atoms with E-state index in [0.29, 0.717) is 31.6 Å². The summed E-state index contributed by atoms with van der Waals surface area (Å²) in [5.74, 6) is -0.407. The Balaban J connectivity index is 2.01. The Kier molecular flexibility index (Phi) is 6.42. The molecule has 0 bridgehead atoms. The maximum atomic E-state index is 13.6. The molecule has 1 fully saturated rings. The summed E-state index contributed by atoms with van der Waals surface area (Å²) in [7, 11) is 0. The van der Waals surface area contributed by atoms with E-state index in [4.69, 9.17) is 0 Å². The topological polar surface area (TPSA) is 76.1 Å². The molecule has 0 saturated carbocycles. The molecule has 156 valence electrons.